The first-order chi connectivity index (χ1) is 11.3. The summed E-state index contributed by atoms with van der Waals surface area (Å²) in [6.07, 6.45) is 3.07. The van der Waals surface area contributed by atoms with Crippen molar-refractivity contribution in [2.75, 3.05) is 13.1 Å². The van der Waals surface area contributed by atoms with Crippen LogP contribution < -0.4 is 5.32 Å². The van der Waals surface area contributed by atoms with Crippen LogP contribution in [-0.2, 0) is 16.0 Å². The van der Waals surface area contributed by atoms with Gasteiger partial charge in [-0.1, -0.05) is 30.3 Å². The summed E-state index contributed by atoms with van der Waals surface area (Å²) in [6, 6.07) is 10.6. The predicted octanol–water partition coefficient (Wildman–Crippen LogP) is 3.02. The number of rotatable bonds is 5. The molecule has 24 heavy (non-hydrogen) atoms. The molecule has 0 radical (unpaired) electrons. The maximum atomic E-state index is 12.8. The highest BCUT2D eigenvalue weighted by molar-refractivity contribution is 6.04. The summed E-state index contributed by atoms with van der Waals surface area (Å²) in [5.74, 6) is 0.372. The molecule has 2 rings (SSSR count). The highest BCUT2D eigenvalue weighted by Crippen LogP contribution is 2.26. The molecule has 0 spiro atoms. The van der Waals surface area contributed by atoms with Gasteiger partial charge < -0.3 is 10.2 Å². The van der Waals surface area contributed by atoms with E-state index in [-0.39, 0.29) is 17.9 Å². The summed E-state index contributed by atoms with van der Waals surface area (Å²) >= 11 is 0. The van der Waals surface area contributed by atoms with Crippen molar-refractivity contribution in [3.05, 3.63) is 35.9 Å². The van der Waals surface area contributed by atoms with Crippen LogP contribution in [0, 0.1) is 11.3 Å². The number of benzene rings is 1. The molecule has 0 unspecified atom stereocenters. The van der Waals surface area contributed by atoms with Crippen molar-refractivity contribution in [1.82, 2.24) is 10.2 Å². The molecule has 0 saturated carbocycles. The number of hydrogen-bond acceptors (Lipinski definition) is 2. The molecule has 0 bridgehead atoms. The number of piperidine rings is 1. The molecule has 2 amide bonds. The largest absolute Gasteiger partial charge is 0.353 e. The molecule has 1 aromatic carbocycles. The van der Waals surface area contributed by atoms with Gasteiger partial charge in [-0.3, -0.25) is 9.59 Å². The molecular weight excluding hydrogens is 300 g/mol. The van der Waals surface area contributed by atoms with Gasteiger partial charge in [0, 0.05) is 19.1 Å². The number of nitrogens with zero attached hydrogens (tertiary/aromatic N) is 1. The van der Waals surface area contributed by atoms with E-state index in [0.717, 1.165) is 32.4 Å². The van der Waals surface area contributed by atoms with E-state index in [2.05, 4.69) is 29.6 Å². The lowest BCUT2D eigenvalue weighted by molar-refractivity contribution is -0.149. The van der Waals surface area contributed by atoms with Crippen molar-refractivity contribution < 1.29 is 9.59 Å². The van der Waals surface area contributed by atoms with Crippen LogP contribution in [0.5, 0.6) is 0 Å². The van der Waals surface area contributed by atoms with E-state index >= 15 is 0 Å². The summed E-state index contributed by atoms with van der Waals surface area (Å²) < 4.78 is 0. The Morgan fingerprint density at radius 1 is 1.17 bits per heavy atom. The minimum Gasteiger partial charge on any atom is -0.353 e. The van der Waals surface area contributed by atoms with E-state index in [1.54, 1.807) is 13.8 Å². The van der Waals surface area contributed by atoms with Gasteiger partial charge in [0.05, 0.1) is 0 Å². The Bertz CT molecular complexity index is 558. The van der Waals surface area contributed by atoms with Gasteiger partial charge in [0.1, 0.15) is 5.41 Å². The molecule has 1 saturated heterocycles. The van der Waals surface area contributed by atoms with Gasteiger partial charge in [0.15, 0.2) is 0 Å². The number of amides is 2. The maximum Gasteiger partial charge on any atom is 0.237 e. The zero-order valence-corrected chi connectivity index (χ0v) is 15.3. The second kappa shape index (κ2) is 7.82. The summed E-state index contributed by atoms with van der Waals surface area (Å²) in [6.45, 7) is 8.76. The smallest absolute Gasteiger partial charge is 0.237 e. The van der Waals surface area contributed by atoms with Gasteiger partial charge in [0.2, 0.25) is 11.8 Å². The fourth-order valence-corrected chi connectivity index (χ4v) is 3.22. The molecule has 1 N–H and O–H groups in total. The van der Waals surface area contributed by atoms with Crippen LogP contribution in [-0.4, -0.2) is 35.8 Å². The molecule has 0 aromatic heterocycles. The van der Waals surface area contributed by atoms with Crippen molar-refractivity contribution in [3.63, 3.8) is 0 Å². The normalized spacial score (nSPS) is 16.3. The van der Waals surface area contributed by atoms with Crippen LogP contribution in [0.25, 0.3) is 0 Å². The average Bonchev–Trinajstić information content (AvgIpc) is 2.55. The standard InChI is InChI=1S/C20H30N2O2/c1-15(2)21-18(23)20(3,4)19(24)22-12-10-17(11-13-22)14-16-8-6-5-7-9-16/h5-9,15,17H,10-14H2,1-4H3,(H,21,23). The number of nitrogens with one attached hydrogen (secondary N) is 1. The van der Waals surface area contributed by atoms with E-state index in [9.17, 15) is 9.59 Å². The topological polar surface area (TPSA) is 49.4 Å². The number of hydrogen-bond donors (Lipinski definition) is 1. The van der Waals surface area contributed by atoms with Gasteiger partial charge in [-0.25, -0.2) is 0 Å². The van der Waals surface area contributed by atoms with Crippen LogP contribution in [0.3, 0.4) is 0 Å². The van der Waals surface area contributed by atoms with E-state index in [1.807, 2.05) is 24.8 Å². The molecule has 1 fully saturated rings. The summed E-state index contributed by atoms with van der Waals surface area (Å²) in [5.41, 5.74) is 0.357. The fourth-order valence-electron chi connectivity index (χ4n) is 3.22. The minimum absolute atomic E-state index is 0.0428. The molecule has 1 aliphatic rings. The van der Waals surface area contributed by atoms with Crippen LogP contribution in [0.15, 0.2) is 30.3 Å². The quantitative estimate of drug-likeness (QED) is 0.844. The number of likely N-dealkylation sites (tertiary alicyclic amines) is 1. The number of carbonyl (C=O) groups excluding carboxylic acids is 2. The zero-order chi connectivity index (χ0) is 17.7. The van der Waals surface area contributed by atoms with Crippen molar-refractivity contribution in [3.8, 4) is 0 Å². The second-order valence-corrected chi connectivity index (χ2v) is 7.68. The van der Waals surface area contributed by atoms with Crippen LogP contribution in [0.2, 0.25) is 0 Å². The van der Waals surface area contributed by atoms with Gasteiger partial charge in [0.25, 0.3) is 0 Å². The Hall–Kier alpha value is -1.84. The molecule has 0 aliphatic carbocycles. The third kappa shape index (κ3) is 4.59. The fraction of sp³-hybridized carbons (Fsp3) is 0.600. The maximum absolute atomic E-state index is 12.8. The molecule has 132 valence electrons. The highest BCUT2D eigenvalue weighted by Gasteiger charge is 2.40. The number of carbonyl (C=O) groups is 2. The second-order valence-electron chi connectivity index (χ2n) is 7.68. The lowest BCUT2D eigenvalue weighted by Gasteiger charge is -2.36. The summed E-state index contributed by atoms with van der Waals surface area (Å²) in [4.78, 5) is 26.9. The molecule has 1 heterocycles. The van der Waals surface area contributed by atoms with Gasteiger partial charge in [-0.05, 0) is 58.4 Å². The Morgan fingerprint density at radius 3 is 2.29 bits per heavy atom. The molecule has 1 aliphatic heterocycles. The Kier molecular flexibility index (Phi) is 6.03. The third-order valence-electron chi connectivity index (χ3n) is 4.79. The first kappa shape index (κ1) is 18.5. The Morgan fingerprint density at radius 2 is 1.75 bits per heavy atom. The van der Waals surface area contributed by atoms with E-state index in [0.29, 0.717) is 5.92 Å². The highest BCUT2D eigenvalue weighted by atomic mass is 16.2. The van der Waals surface area contributed by atoms with Crippen molar-refractivity contribution >= 4 is 11.8 Å². The SMILES string of the molecule is CC(C)NC(=O)C(C)(C)C(=O)N1CCC(Cc2ccccc2)CC1. The lowest BCUT2D eigenvalue weighted by atomic mass is 9.86. The molecule has 4 nitrogen and oxygen atoms in total. The van der Waals surface area contributed by atoms with Crippen molar-refractivity contribution in [2.24, 2.45) is 11.3 Å². The Labute approximate surface area is 145 Å². The van der Waals surface area contributed by atoms with Gasteiger partial charge in [-0.2, -0.15) is 0 Å². The average molecular weight is 330 g/mol. The van der Waals surface area contributed by atoms with Crippen LogP contribution in [0.1, 0.15) is 46.1 Å². The molecule has 0 atom stereocenters. The summed E-state index contributed by atoms with van der Waals surface area (Å²) in [5, 5.41) is 2.86. The first-order valence-corrected chi connectivity index (χ1v) is 8.95. The van der Waals surface area contributed by atoms with E-state index < -0.39 is 5.41 Å². The zero-order valence-electron chi connectivity index (χ0n) is 15.3. The van der Waals surface area contributed by atoms with E-state index in [4.69, 9.17) is 0 Å². The predicted molar refractivity (Wildman–Crippen MR) is 96.5 cm³/mol. The first-order valence-electron chi connectivity index (χ1n) is 8.95. The van der Waals surface area contributed by atoms with Crippen LogP contribution in [0.4, 0.5) is 0 Å². The van der Waals surface area contributed by atoms with Gasteiger partial charge >= 0.3 is 0 Å². The molecular formula is C20H30N2O2. The monoisotopic (exact) mass is 330 g/mol. The Balaban J connectivity index is 1.89. The van der Waals surface area contributed by atoms with E-state index in [1.165, 1.54) is 5.56 Å². The van der Waals surface area contributed by atoms with Gasteiger partial charge in [-0.15, -0.1) is 0 Å². The lowest BCUT2D eigenvalue weighted by Crippen LogP contribution is -2.52. The molecule has 1 aromatic rings. The third-order valence-corrected chi connectivity index (χ3v) is 4.79. The van der Waals surface area contributed by atoms with Crippen LogP contribution >= 0.6 is 0 Å². The molecule has 4 heteroatoms. The van der Waals surface area contributed by atoms with Crippen molar-refractivity contribution in [2.45, 2.75) is 53.0 Å². The summed E-state index contributed by atoms with van der Waals surface area (Å²) in [7, 11) is 0. The minimum atomic E-state index is -1.00. The van der Waals surface area contributed by atoms with Crippen molar-refractivity contribution in [1.29, 1.82) is 0 Å².